The van der Waals surface area contributed by atoms with E-state index in [1.54, 1.807) is 23.6 Å². The highest BCUT2D eigenvalue weighted by molar-refractivity contribution is 7.91. The summed E-state index contributed by atoms with van der Waals surface area (Å²) in [6, 6.07) is 6.88. The van der Waals surface area contributed by atoms with Crippen molar-refractivity contribution in [2.24, 2.45) is 0 Å². The Balaban J connectivity index is 2.11. The van der Waals surface area contributed by atoms with Crippen LogP contribution in [-0.4, -0.2) is 31.4 Å². The molecule has 0 aliphatic heterocycles. The number of rotatable bonds is 5. The smallest absolute Gasteiger partial charge is 0.252 e. The first-order valence-electron chi connectivity index (χ1n) is 5.23. The van der Waals surface area contributed by atoms with Gasteiger partial charge in [0.25, 0.3) is 10.0 Å². The predicted octanol–water partition coefficient (Wildman–Crippen LogP) is 2.16. The molecule has 1 atom stereocenters. The van der Waals surface area contributed by atoms with Gasteiger partial charge in [0.2, 0.25) is 0 Å². The van der Waals surface area contributed by atoms with Crippen molar-refractivity contribution in [2.75, 3.05) is 13.6 Å². The summed E-state index contributed by atoms with van der Waals surface area (Å²) >= 11 is 2.59. The maximum absolute atomic E-state index is 12.1. The van der Waals surface area contributed by atoms with Crippen LogP contribution >= 0.6 is 22.7 Å². The van der Waals surface area contributed by atoms with Gasteiger partial charge in [-0.1, -0.05) is 12.1 Å². The van der Waals surface area contributed by atoms with Crippen LogP contribution in [0.15, 0.2) is 39.2 Å². The summed E-state index contributed by atoms with van der Waals surface area (Å²) in [7, 11) is -2.01. The van der Waals surface area contributed by atoms with Gasteiger partial charge in [-0.05, 0) is 22.9 Å². The number of aliphatic hydroxyl groups is 1. The fourth-order valence-electron chi connectivity index (χ4n) is 1.48. The molecule has 7 heteroatoms. The van der Waals surface area contributed by atoms with Crippen molar-refractivity contribution in [3.05, 3.63) is 39.9 Å². The average Bonchev–Trinajstić information content (AvgIpc) is 3.02. The highest BCUT2D eigenvalue weighted by Gasteiger charge is 2.24. The lowest BCUT2D eigenvalue weighted by Gasteiger charge is -2.19. The SMILES string of the molecule is CN(CC(O)c1cccs1)S(=O)(=O)c1cccs1. The molecular formula is C11H13NO3S3. The van der Waals surface area contributed by atoms with Crippen molar-refractivity contribution in [2.45, 2.75) is 10.3 Å². The van der Waals surface area contributed by atoms with Gasteiger partial charge in [-0.15, -0.1) is 22.7 Å². The van der Waals surface area contributed by atoms with Gasteiger partial charge in [0.15, 0.2) is 0 Å². The molecule has 0 aliphatic carbocycles. The van der Waals surface area contributed by atoms with Crippen molar-refractivity contribution in [1.82, 2.24) is 4.31 Å². The number of thiophene rings is 2. The van der Waals surface area contributed by atoms with Crippen molar-refractivity contribution >= 4 is 32.7 Å². The minimum absolute atomic E-state index is 0.0563. The Bertz CT molecular complexity index is 575. The molecule has 0 saturated carbocycles. The van der Waals surface area contributed by atoms with Crippen LogP contribution in [-0.2, 0) is 10.0 Å². The zero-order valence-corrected chi connectivity index (χ0v) is 12.1. The van der Waals surface area contributed by atoms with E-state index in [2.05, 4.69) is 0 Å². The van der Waals surface area contributed by atoms with Crippen LogP contribution in [0.2, 0.25) is 0 Å². The number of sulfonamides is 1. The summed E-state index contributed by atoms with van der Waals surface area (Å²) < 4.78 is 25.7. The number of aliphatic hydroxyl groups excluding tert-OH is 1. The fourth-order valence-corrected chi connectivity index (χ4v) is 4.56. The Morgan fingerprint density at radius 3 is 2.50 bits per heavy atom. The maximum atomic E-state index is 12.1. The molecule has 1 N–H and O–H groups in total. The van der Waals surface area contributed by atoms with Crippen LogP contribution in [0.4, 0.5) is 0 Å². The number of nitrogens with zero attached hydrogens (tertiary/aromatic N) is 1. The Morgan fingerprint density at radius 2 is 1.94 bits per heavy atom. The van der Waals surface area contributed by atoms with Crippen molar-refractivity contribution in [3.8, 4) is 0 Å². The van der Waals surface area contributed by atoms with Gasteiger partial charge in [-0.25, -0.2) is 8.42 Å². The standard InChI is InChI=1S/C11H13NO3S3/c1-12(8-9(13)10-4-2-6-16-10)18(14,15)11-5-3-7-17-11/h2-7,9,13H,8H2,1H3. The van der Waals surface area contributed by atoms with Gasteiger partial charge in [-0.2, -0.15) is 4.31 Å². The molecule has 0 aromatic carbocycles. The van der Waals surface area contributed by atoms with E-state index < -0.39 is 16.1 Å². The van der Waals surface area contributed by atoms with Gasteiger partial charge >= 0.3 is 0 Å². The maximum Gasteiger partial charge on any atom is 0.252 e. The van der Waals surface area contributed by atoms with Gasteiger partial charge < -0.3 is 5.11 Å². The lowest BCUT2D eigenvalue weighted by molar-refractivity contribution is 0.158. The van der Waals surface area contributed by atoms with Gasteiger partial charge in [0, 0.05) is 18.5 Å². The lowest BCUT2D eigenvalue weighted by atomic mass is 10.3. The highest BCUT2D eigenvalue weighted by Crippen LogP contribution is 2.24. The highest BCUT2D eigenvalue weighted by atomic mass is 32.2. The van der Waals surface area contributed by atoms with Crippen LogP contribution in [0.1, 0.15) is 11.0 Å². The van der Waals surface area contributed by atoms with E-state index in [0.717, 1.165) is 4.88 Å². The van der Waals surface area contributed by atoms with Gasteiger partial charge in [0.1, 0.15) is 10.3 Å². The molecule has 1 unspecified atom stereocenters. The predicted molar refractivity (Wildman–Crippen MR) is 73.4 cm³/mol. The van der Waals surface area contributed by atoms with E-state index in [-0.39, 0.29) is 6.54 Å². The Morgan fingerprint density at radius 1 is 1.28 bits per heavy atom. The third-order valence-electron chi connectivity index (χ3n) is 2.46. The number of hydrogen-bond acceptors (Lipinski definition) is 5. The van der Waals surface area contributed by atoms with E-state index in [1.165, 1.54) is 34.0 Å². The van der Waals surface area contributed by atoms with Crippen LogP contribution in [0.5, 0.6) is 0 Å². The van der Waals surface area contributed by atoms with Gasteiger partial charge in [-0.3, -0.25) is 0 Å². The molecule has 0 spiro atoms. The third kappa shape index (κ3) is 2.81. The molecule has 2 heterocycles. The topological polar surface area (TPSA) is 57.6 Å². The quantitative estimate of drug-likeness (QED) is 0.921. The second kappa shape index (κ2) is 5.50. The molecule has 4 nitrogen and oxygen atoms in total. The summed E-state index contributed by atoms with van der Waals surface area (Å²) in [5.74, 6) is 0. The van der Waals surface area contributed by atoms with E-state index in [4.69, 9.17) is 0 Å². The molecule has 0 saturated heterocycles. The first-order valence-corrected chi connectivity index (χ1v) is 8.43. The second-order valence-electron chi connectivity index (χ2n) is 3.75. The normalized spacial score (nSPS) is 13.9. The van der Waals surface area contributed by atoms with E-state index in [1.807, 2.05) is 11.4 Å². The first-order chi connectivity index (χ1) is 8.51. The zero-order valence-electron chi connectivity index (χ0n) is 9.68. The minimum atomic E-state index is -3.49. The Hall–Kier alpha value is -0.730. The first kappa shape index (κ1) is 13.7. The number of likely N-dealkylation sites (N-methyl/N-ethyl adjacent to an activating group) is 1. The molecule has 0 aliphatic rings. The van der Waals surface area contributed by atoms with Crippen LogP contribution in [0.3, 0.4) is 0 Å². The zero-order chi connectivity index (χ0) is 13.2. The largest absolute Gasteiger partial charge is 0.386 e. The summed E-state index contributed by atoms with van der Waals surface area (Å²) in [6.45, 7) is 0.0563. The van der Waals surface area contributed by atoms with Gasteiger partial charge in [0.05, 0.1) is 0 Å². The van der Waals surface area contributed by atoms with Crippen molar-refractivity contribution < 1.29 is 13.5 Å². The summed E-state index contributed by atoms with van der Waals surface area (Å²) in [6.07, 6.45) is -0.787. The molecule has 0 amide bonds. The van der Waals surface area contributed by atoms with E-state index in [9.17, 15) is 13.5 Å². The fraction of sp³-hybridized carbons (Fsp3) is 0.273. The summed E-state index contributed by atoms with van der Waals surface area (Å²) in [5, 5.41) is 13.5. The molecule has 0 fully saturated rings. The van der Waals surface area contributed by atoms with Crippen LogP contribution in [0, 0.1) is 0 Å². The third-order valence-corrected chi connectivity index (χ3v) is 6.63. The molecule has 98 valence electrons. The molecular weight excluding hydrogens is 290 g/mol. The second-order valence-corrected chi connectivity index (χ2v) is 7.95. The number of hydrogen-bond donors (Lipinski definition) is 1. The molecule has 0 bridgehead atoms. The van der Waals surface area contributed by atoms with E-state index >= 15 is 0 Å². The molecule has 2 aromatic rings. The molecule has 2 aromatic heterocycles. The van der Waals surface area contributed by atoms with Crippen LogP contribution in [0.25, 0.3) is 0 Å². The molecule has 0 radical (unpaired) electrons. The van der Waals surface area contributed by atoms with Crippen LogP contribution < -0.4 is 0 Å². The van der Waals surface area contributed by atoms with Crippen molar-refractivity contribution in [1.29, 1.82) is 0 Å². The van der Waals surface area contributed by atoms with E-state index in [0.29, 0.717) is 4.21 Å². The molecule has 2 rings (SSSR count). The minimum Gasteiger partial charge on any atom is -0.386 e. The monoisotopic (exact) mass is 303 g/mol. The molecule has 18 heavy (non-hydrogen) atoms. The Kier molecular flexibility index (Phi) is 4.18. The average molecular weight is 303 g/mol. The summed E-state index contributed by atoms with van der Waals surface area (Å²) in [5.41, 5.74) is 0. The van der Waals surface area contributed by atoms with Crippen molar-refractivity contribution in [3.63, 3.8) is 0 Å². The summed E-state index contributed by atoms with van der Waals surface area (Å²) in [4.78, 5) is 0.767. The Labute approximate surface area is 114 Å². The lowest BCUT2D eigenvalue weighted by Crippen LogP contribution is -2.30.